The number of hydrogen-bond donors (Lipinski definition) is 4. The van der Waals surface area contributed by atoms with Gasteiger partial charge in [0.2, 0.25) is 18.2 Å². The van der Waals surface area contributed by atoms with Crippen molar-refractivity contribution in [3.8, 4) is 0 Å². The lowest BCUT2D eigenvalue weighted by molar-refractivity contribution is -0.131. The van der Waals surface area contributed by atoms with Gasteiger partial charge in [0.05, 0.1) is 0 Å². The van der Waals surface area contributed by atoms with Crippen molar-refractivity contribution in [2.24, 2.45) is 11.5 Å². The summed E-state index contributed by atoms with van der Waals surface area (Å²) in [7, 11) is 0. The van der Waals surface area contributed by atoms with E-state index < -0.39 is 0 Å². The third-order valence-electron chi connectivity index (χ3n) is 3.46. The number of carbonyl (C=O) groups is 3. The first kappa shape index (κ1) is 23.1. The van der Waals surface area contributed by atoms with E-state index in [4.69, 9.17) is 11.1 Å². The molecule has 8 nitrogen and oxygen atoms in total. The van der Waals surface area contributed by atoms with Crippen LogP contribution in [0.2, 0.25) is 0 Å². The Kier molecular flexibility index (Phi) is 11.1. The van der Waals surface area contributed by atoms with Gasteiger partial charge in [-0.25, -0.2) is 0 Å². The van der Waals surface area contributed by atoms with Crippen LogP contribution in [0.3, 0.4) is 0 Å². The maximum absolute atomic E-state index is 12.0. The van der Waals surface area contributed by atoms with Crippen molar-refractivity contribution in [2.75, 3.05) is 6.54 Å². The molecule has 6 N–H and O–H groups in total. The summed E-state index contributed by atoms with van der Waals surface area (Å²) in [6, 6.07) is 6.80. The summed E-state index contributed by atoms with van der Waals surface area (Å²) in [5.74, 6) is -0.432. The third kappa shape index (κ3) is 8.27. The van der Waals surface area contributed by atoms with Crippen LogP contribution in [0.5, 0.6) is 0 Å². The van der Waals surface area contributed by atoms with Crippen LogP contribution in [0.25, 0.3) is 0 Å². The second kappa shape index (κ2) is 12.5. The Morgan fingerprint density at radius 1 is 1.27 bits per heavy atom. The number of nitrogens with zero attached hydrogens (tertiary/aromatic N) is 1. The number of amidine groups is 1. The van der Waals surface area contributed by atoms with Gasteiger partial charge >= 0.3 is 0 Å². The van der Waals surface area contributed by atoms with E-state index in [-0.39, 0.29) is 23.7 Å². The molecule has 0 saturated carbocycles. The molecular weight excluding hydrogens is 334 g/mol. The topological polar surface area (TPSA) is 142 Å². The maximum atomic E-state index is 12.0. The lowest BCUT2D eigenvalue weighted by atomic mass is 10.1. The van der Waals surface area contributed by atoms with Gasteiger partial charge in [-0.2, -0.15) is 0 Å². The Morgan fingerprint density at radius 2 is 1.81 bits per heavy atom. The van der Waals surface area contributed by atoms with E-state index in [0.717, 1.165) is 18.4 Å². The molecule has 3 amide bonds. The highest BCUT2D eigenvalue weighted by molar-refractivity contribution is 5.94. The molecule has 1 aromatic rings. The number of benzene rings is 1. The molecule has 1 aliphatic rings. The molecule has 1 saturated heterocycles. The Hall–Kier alpha value is -2.90. The molecule has 0 aliphatic carbocycles. The van der Waals surface area contributed by atoms with Gasteiger partial charge in [-0.05, 0) is 18.4 Å². The first-order chi connectivity index (χ1) is 12.3. The van der Waals surface area contributed by atoms with Crippen LogP contribution in [0.4, 0.5) is 0 Å². The zero-order chi connectivity index (χ0) is 20.1. The number of nitrogen functional groups attached to an aromatic ring is 1. The van der Waals surface area contributed by atoms with Gasteiger partial charge in [-0.3, -0.25) is 19.8 Å². The van der Waals surface area contributed by atoms with Gasteiger partial charge in [0, 0.05) is 25.6 Å². The summed E-state index contributed by atoms with van der Waals surface area (Å²) >= 11 is 0. The normalized spacial score (nSPS) is 14.9. The predicted molar refractivity (Wildman–Crippen MR) is 101 cm³/mol. The molecule has 1 atom stereocenters. The number of primary amides is 1. The first-order valence-electron chi connectivity index (χ1n) is 8.53. The minimum Gasteiger partial charge on any atom is -0.384 e. The quantitative estimate of drug-likeness (QED) is 0.347. The average molecular weight is 363 g/mol. The highest BCUT2D eigenvalue weighted by Gasteiger charge is 2.29. The smallest absolute Gasteiger partial charge is 0.243 e. The SMILES string of the molecule is CC.CC(N)=O.N=C(N)c1ccc(CNC(=O)C2CCCN2C=O)cc1. The van der Waals surface area contributed by atoms with E-state index in [0.29, 0.717) is 25.1 Å². The van der Waals surface area contributed by atoms with Crippen LogP contribution in [-0.2, 0) is 20.9 Å². The van der Waals surface area contributed by atoms with Gasteiger partial charge in [0.15, 0.2) is 0 Å². The van der Waals surface area contributed by atoms with Crippen molar-refractivity contribution in [1.82, 2.24) is 10.2 Å². The lowest BCUT2D eigenvalue weighted by Crippen LogP contribution is -2.42. The molecular formula is C18H29N5O3. The van der Waals surface area contributed by atoms with Crippen molar-refractivity contribution < 1.29 is 14.4 Å². The number of carbonyl (C=O) groups excluding carboxylic acids is 3. The fourth-order valence-corrected chi connectivity index (χ4v) is 2.31. The van der Waals surface area contributed by atoms with Crippen LogP contribution in [0.15, 0.2) is 24.3 Å². The summed E-state index contributed by atoms with van der Waals surface area (Å²) in [4.78, 5) is 33.6. The van der Waals surface area contributed by atoms with Crippen LogP contribution in [-0.4, -0.2) is 41.5 Å². The molecule has 144 valence electrons. The molecule has 0 spiro atoms. The van der Waals surface area contributed by atoms with Gasteiger partial charge in [0.25, 0.3) is 0 Å². The van der Waals surface area contributed by atoms with Crippen molar-refractivity contribution in [2.45, 2.75) is 46.2 Å². The number of hydrogen-bond acceptors (Lipinski definition) is 4. The molecule has 0 aromatic heterocycles. The molecule has 1 fully saturated rings. The first-order valence-corrected chi connectivity index (χ1v) is 8.53. The summed E-state index contributed by atoms with van der Waals surface area (Å²) in [6.07, 6.45) is 2.32. The predicted octanol–water partition coefficient (Wildman–Crippen LogP) is 0.725. The molecule has 1 unspecified atom stereocenters. The van der Waals surface area contributed by atoms with Crippen LogP contribution < -0.4 is 16.8 Å². The molecule has 1 heterocycles. The minimum atomic E-state index is -0.344. The van der Waals surface area contributed by atoms with Crippen molar-refractivity contribution in [1.29, 1.82) is 5.41 Å². The minimum absolute atomic E-state index is 0.0214. The molecule has 26 heavy (non-hydrogen) atoms. The van der Waals surface area contributed by atoms with Gasteiger partial charge in [-0.15, -0.1) is 0 Å². The largest absolute Gasteiger partial charge is 0.384 e. The summed E-state index contributed by atoms with van der Waals surface area (Å²) in [5, 5.41) is 10.1. The Morgan fingerprint density at radius 3 is 2.27 bits per heavy atom. The monoisotopic (exact) mass is 363 g/mol. The highest BCUT2D eigenvalue weighted by atomic mass is 16.2. The number of nitrogens with one attached hydrogen (secondary N) is 2. The Balaban J connectivity index is 0.000000920. The third-order valence-corrected chi connectivity index (χ3v) is 3.46. The summed E-state index contributed by atoms with van der Waals surface area (Å²) < 4.78 is 0. The molecule has 0 bridgehead atoms. The van der Waals surface area contributed by atoms with Crippen molar-refractivity contribution in [3.05, 3.63) is 35.4 Å². The maximum Gasteiger partial charge on any atom is 0.243 e. The molecule has 1 aromatic carbocycles. The van der Waals surface area contributed by atoms with E-state index in [1.807, 2.05) is 26.0 Å². The van der Waals surface area contributed by atoms with E-state index >= 15 is 0 Å². The van der Waals surface area contributed by atoms with Crippen molar-refractivity contribution in [3.63, 3.8) is 0 Å². The molecule has 8 heteroatoms. The number of amides is 3. The van der Waals surface area contributed by atoms with Crippen LogP contribution in [0, 0.1) is 5.41 Å². The second-order valence-electron chi connectivity index (χ2n) is 5.44. The summed E-state index contributed by atoms with van der Waals surface area (Å²) in [5.41, 5.74) is 11.4. The van der Waals surface area contributed by atoms with Gasteiger partial charge in [0.1, 0.15) is 11.9 Å². The fourth-order valence-electron chi connectivity index (χ4n) is 2.31. The molecule has 0 radical (unpaired) electrons. The van der Waals surface area contributed by atoms with E-state index in [1.54, 1.807) is 12.1 Å². The Labute approximate surface area is 154 Å². The van der Waals surface area contributed by atoms with Gasteiger partial charge < -0.3 is 21.7 Å². The highest BCUT2D eigenvalue weighted by Crippen LogP contribution is 2.15. The van der Waals surface area contributed by atoms with Gasteiger partial charge in [-0.1, -0.05) is 38.1 Å². The lowest BCUT2D eigenvalue weighted by Gasteiger charge is -2.19. The van der Waals surface area contributed by atoms with Crippen molar-refractivity contribution >= 4 is 24.1 Å². The van der Waals surface area contributed by atoms with E-state index in [2.05, 4.69) is 11.1 Å². The standard InChI is InChI=1S/C14H18N4O2.C2H5NO.C2H6/c15-13(16)11-5-3-10(4-6-11)8-17-14(20)12-2-1-7-18(12)9-19;1-2(3)4;1-2/h3-6,9,12H,1-2,7-8H2,(H3,15,16)(H,17,20);1H3,(H2,3,4);1-2H3. The number of likely N-dealkylation sites (tertiary alicyclic amines) is 1. The fraction of sp³-hybridized carbons (Fsp3) is 0.444. The number of nitrogens with two attached hydrogens (primary N) is 2. The average Bonchev–Trinajstić information content (AvgIpc) is 3.10. The zero-order valence-corrected chi connectivity index (χ0v) is 15.6. The van der Waals surface area contributed by atoms with E-state index in [1.165, 1.54) is 11.8 Å². The molecule has 1 aliphatic heterocycles. The second-order valence-corrected chi connectivity index (χ2v) is 5.44. The number of rotatable bonds is 5. The Bertz CT molecular complexity index is 597. The van der Waals surface area contributed by atoms with Crippen LogP contribution >= 0.6 is 0 Å². The zero-order valence-electron chi connectivity index (χ0n) is 15.6. The van der Waals surface area contributed by atoms with Crippen LogP contribution in [0.1, 0.15) is 44.7 Å². The van der Waals surface area contributed by atoms with E-state index in [9.17, 15) is 14.4 Å². The molecule has 2 rings (SSSR count). The summed E-state index contributed by atoms with van der Waals surface area (Å²) in [6.45, 7) is 6.36.